The molecule has 6 nitrogen and oxygen atoms in total. The molecule has 0 unspecified atom stereocenters. The number of benzene rings is 2. The van der Waals surface area contributed by atoms with Crippen molar-refractivity contribution < 1.29 is 23.2 Å². The van der Waals surface area contributed by atoms with Crippen molar-refractivity contribution in [1.82, 2.24) is 5.32 Å². The fraction of sp³-hybridized carbons (Fsp3) is 0. The van der Waals surface area contributed by atoms with Crippen molar-refractivity contribution in [1.29, 1.82) is 0 Å². The summed E-state index contributed by atoms with van der Waals surface area (Å²) in [5.74, 6) is -1.87. The van der Waals surface area contributed by atoms with Crippen LogP contribution in [0.5, 0.6) is 0 Å². The lowest BCUT2D eigenvalue weighted by atomic mass is 10.1. The summed E-state index contributed by atoms with van der Waals surface area (Å²) in [6.45, 7) is 0. The highest BCUT2D eigenvalue weighted by Gasteiger charge is 2.37. The van der Waals surface area contributed by atoms with Crippen molar-refractivity contribution in [2.75, 3.05) is 4.90 Å². The Morgan fingerprint density at radius 2 is 1.66 bits per heavy atom. The van der Waals surface area contributed by atoms with Gasteiger partial charge >= 0.3 is 6.03 Å². The number of urea groups is 1. The zero-order valence-corrected chi connectivity index (χ0v) is 15.6. The SMILES string of the molecule is O=C1NC(=O)N(c2ccc(F)cc2)C(=O)/C1=C/c1ccc(Sc2ccccc2)o1. The van der Waals surface area contributed by atoms with E-state index < -0.39 is 23.7 Å². The van der Waals surface area contributed by atoms with Crippen LogP contribution in [0.15, 0.2) is 86.7 Å². The second kappa shape index (κ2) is 7.76. The molecule has 1 aliphatic rings. The number of furan rings is 1. The standard InChI is InChI=1S/C21H13FN2O4S/c22-13-6-8-14(9-7-13)24-20(26)17(19(25)23-21(24)27)12-15-10-11-18(28-15)29-16-4-2-1-3-5-16/h1-12H,(H,23,25,27)/b17-12+. The molecule has 0 radical (unpaired) electrons. The van der Waals surface area contributed by atoms with Crippen molar-refractivity contribution >= 4 is 41.4 Å². The largest absolute Gasteiger partial charge is 0.450 e. The summed E-state index contributed by atoms with van der Waals surface area (Å²) in [5, 5.41) is 2.69. The monoisotopic (exact) mass is 408 g/mol. The van der Waals surface area contributed by atoms with Crippen molar-refractivity contribution in [2.45, 2.75) is 9.99 Å². The highest BCUT2D eigenvalue weighted by atomic mass is 32.2. The molecule has 1 aromatic heterocycles. The molecule has 1 N–H and O–H groups in total. The van der Waals surface area contributed by atoms with Gasteiger partial charge in [-0.1, -0.05) is 30.0 Å². The van der Waals surface area contributed by atoms with Crippen molar-refractivity contribution in [2.24, 2.45) is 0 Å². The molecule has 1 fully saturated rings. The lowest BCUT2D eigenvalue weighted by Gasteiger charge is -2.26. The van der Waals surface area contributed by atoms with Gasteiger partial charge in [-0.25, -0.2) is 14.1 Å². The van der Waals surface area contributed by atoms with Gasteiger partial charge < -0.3 is 4.42 Å². The quantitative estimate of drug-likeness (QED) is 0.516. The number of barbiturate groups is 1. The minimum Gasteiger partial charge on any atom is -0.450 e. The first kappa shape index (κ1) is 18.7. The Hall–Kier alpha value is -3.65. The normalized spacial score (nSPS) is 15.7. The Bertz CT molecular complexity index is 1120. The molecule has 1 aliphatic heterocycles. The second-order valence-electron chi connectivity index (χ2n) is 6.01. The predicted octanol–water partition coefficient (Wildman–Crippen LogP) is 4.24. The van der Waals surface area contributed by atoms with Gasteiger partial charge in [0.25, 0.3) is 11.8 Å². The Labute approximate surface area is 169 Å². The molecule has 144 valence electrons. The van der Waals surface area contributed by atoms with Gasteiger partial charge in [0.1, 0.15) is 17.2 Å². The number of nitrogens with one attached hydrogen (secondary N) is 1. The Balaban J connectivity index is 1.60. The molecule has 29 heavy (non-hydrogen) atoms. The lowest BCUT2D eigenvalue weighted by molar-refractivity contribution is -0.122. The van der Waals surface area contributed by atoms with E-state index in [0.29, 0.717) is 5.09 Å². The average Bonchev–Trinajstić information content (AvgIpc) is 3.14. The van der Waals surface area contributed by atoms with E-state index in [4.69, 9.17) is 4.42 Å². The maximum atomic E-state index is 13.1. The average molecular weight is 408 g/mol. The fourth-order valence-electron chi connectivity index (χ4n) is 2.70. The summed E-state index contributed by atoms with van der Waals surface area (Å²) >= 11 is 1.39. The van der Waals surface area contributed by atoms with Crippen LogP contribution in [0.4, 0.5) is 14.9 Å². The molecule has 4 amide bonds. The van der Waals surface area contributed by atoms with E-state index in [0.717, 1.165) is 21.9 Å². The summed E-state index contributed by atoms with van der Waals surface area (Å²) in [5.41, 5.74) is -0.119. The van der Waals surface area contributed by atoms with Gasteiger partial charge in [-0.2, -0.15) is 0 Å². The first-order valence-electron chi connectivity index (χ1n) is 8.51. The van der Waals surface area contributed by atoms with Crippen LogP contribution in [0.25, 0.3) is 6.08 Å². The van der Waals surface area contributed by atoms with Crippen LogP contribution < -0.4 is 10.2 Å². The molecule has 2 aromatic carbocycles. The molecule has 3 aromatic rings. The molecular weight excluding hydrogens is 395 g/mol. The van der Waals surface area contributed by atoms with Crippen LogP contribution in [0, 0.1) is 5.82 Å². The highest BCUT2D eigenvalue weighted by Crippen LogP contribution is 2.30. The second-order valence-corrected chi connectivity index (χ2v) is 7.08. The molecule has 4 rings (SSSR count). The molecule has 0 atom stereocenters. The number of carbonyl (C=O) groups excluding carboxylic acids is 3. The van der Waals surface area contributed by atoms with Crippen LogP contribution in [-0.4, -0.2) is 17.8 Å². The highest BCUT2D eigenvalue weighted by molar-refractivity contribution is 7.99. The van der Waals surface area contributed by atoms with Crippen LogP contribution in [0.1, 0.15) is 5.76 Å². The molecule has 1 saturated heterocycles. The first-order valence-corrected chi connectivity index (χ1v) is 9.33. The number of hydrogen-bond donors (Lipinski definition) is 1. The van der Waals surface area contributed by atoms with Crippen LogP contribution in [0.2, 0.25) is 0 Å². The molecule has 2 heterocycles. The van der Waals surface area contributed by atoms with Crippen LogP contribution in [-0.2, 0) is 9.59 Å². The lowest BCUT2D eigenvalue weighted by Crippen LogP contribution is -2.54. The van der Waals surface area contributed by atoms with Gasteiger partial charge in [0.2, 0.25) is 0 Å². The van der Waals surface area contributed by atoms with E-state index in [-0.39, 0.29) is 17.0 Å². The summed E-state index contributed by atoms with van der Waals surface area (Å²) in [6.07, 6.45) is 1.27. The zero-order valence-electron chi connectivity index (χ0n) is 14.8. The number of anilines is 1. The Morgan fingerprint density at radius 3 is 2.38 bits per heavy atom. The van der Waals surface area contributed by atoms with Crippen molar-refractivity contribution in [3.8, 4) is 0 Å². The van der Waals surface area contributed by atoms with Gasteiger partial charge in [0.15, 0.2) is 5.09 Å². The fourth-order valence-corrected chi connectivity index (χ4v) is 3.50. The van der Waals surface area contributed by atoms with Gasteiger partial charge in [-0.05, 0) is 54.6 Å². The maximum absolute atomic E-state index is 13.1. The number of halogens is 1. The van der Waals surface area contributed by atoms with E-state index in [9.17, 15) is 18.8 Å². The summed E-state index contributed by atoms with van der Waals surface area (Å²) in [4.78, 5) is 38.8. The van der Waals surface area contributed by atoms with Gasteiger partial charge in [-0.3, -0.25) is 14.9 Å². The van der Waals surface area contributed by atoms with Gasteiger partial charge in [0, 0.05) is 4.90 Å². The van der Waals surface area contributed by atoms with Crippen molar-refractivity contribution in [3.05, 3.63) is 83.9 Å². The first-order chi connectivity index (χ1) is 14.0. The number of nitrogens with zero attached hydrogens (tertiary/aromatic N) is 1. The third-order valence-electron chi connectivity index (χ3n) is 4.04. The molecule has 8 heteroatoms. The van der Waals surface area contributed by atoms with E-state index in [1.54, 1.807) is 12.1 Å². The van der Waals surface area contributed by atoms with E-state index in [2.05, 4.69) is 5.32 Å². The number of hydrogen-bond acceptors (Lipinski definition) is 5. The topological polar surface area (TPSA) is 79.6 Å². The van der Waals surface area contributed by atoms with E-state index >= 15 is 0 Å². The third-order valence-corrected chi connectivity index (χ3v) is 4.97. The predicted molar refractivity (Wildman–Crippen MR) is 105 cm³/mol. The molecule has 0 bridgehead atoms. The minimum atomic E-state index is -0.900. The van der Waals surface area contributed by atoms with Crippen LogP contribution >= 0.6 is 11.8 Å². The minimum absolute atomic E-state index is 0.145. The summed E-state index contributed by atoms with van der Waals surface area (Å²) < 4.78 is 18.8. The number of amides is 4. The molecule has 0 saturated carbocycles. The Kier molecular flexibility index (Phi) is 5.01. The van der Waals surface area contributed by atoms with Crippen LogP contribution in [0.3, 0.4) is 0 Å². The molecule has 0 aliphatic carbocycles. The zero-order chi connectivity index (χ0) is 20.4. The van der Waals surface area contributed by atoms with Gasteiger partial charge in [0.05, 0.1) is 5.69 Å². The van der Waals surface area contributed by atoms with Crippen molar-refractivity contribution in [3.63, 3.8) is 0 Å². The molecule has 0 spiro atoms. The summed E-state index contributed by atoms with van der Waals surface area (Å²) in [7, 11) is 0. The number of imide groups is 2. The third kappa shape index (κ3) is 3.97. The summed E-state index contributed by atoms with van der Waals surface area (Å²) in [6, 6.07) is 16.8. The maximum Gasteiger partial charge on any atom is 0.335 e. The number of rotatable bonds is 4. The van der Waals surface area contributed by atoms with E-state index in [1.807, 2.05) is 30.3 Å². The van der Waals surface area contributed by atoms with Gasteiger partial charge in [-0.15, -0.1) is 0 Å². The smallest absolute Gasteiger partial charge is 0.335 e. The molecular formula is C21H13FN2O4S. The van der Waals surface area contributed by atoms with E-state index in [1.165, 1.54) is 30.0 Å². The number of carbonyl (C=O) groups is 3. The Morgan fingerprint density at radius 1 is 0.931 bits per heavy atom.